The monoisotopic (exact) mass is 269 g/mol. The molecule has 0 amide bonds. The van der Waals surface area contributed by atoms with Gasteiger partial charge in [0.05, 0.1) is 18.3 Å². The molecular weight excluding hydrogens is 253 g/mol. The van der Waals surface area contributed by atoms with Gasteiger partial charge in [-0.25, -0.2) is 4.39 Å². The molecule has 20 heavy (non-hydrogen) atoms. The Hall–Kier alpha value is -1.97. The molecule has 4 rings (SSSR count). The van der Waals surface area contributed by atoms with Gasteiger partial charge in [-0.1, -0.05) is 12.1 Å². The van der Waals surface area contributed by atoms with E-state index in [4.69, 9.17) is 4.99 Å². The first-order chi connectivity index (χ1) is 9.79. The molecule has 1 atom stereocenters. The first-order valence-electron chi connectivity index (χ1n) is 7.13. The molecule has 0 saturated heterocycles. The average Bonchev–Trinajstić information content (AvgIpc) is 3.16. The van der Waals surface area contributed by atoms with Crippen LogP contribution in [0.4, 0.5) is 4.39 Å². The van der Waals surface area contributed by atoms with Gasteiger partial charge < -0.3 is 4.90 Å². The summed E-state index contributed by atoms with van der Waals surface area (Å²) in [5.41, 5.74) is 2.17. The normalized spacial score (nSPS) is 24.4. The van der Waals surface area contributed by atoms with E-state index in [1.165, 1.54) is 25.0 Å². The lowest BCUT2D eigenvalue weighted by Crippen LogP contribution is -2.31. The summed E-state index contributed by atoms with van der Waals surface area (Å²) in [5.74, 6) is 1.61. The van der Waals surface area contributed by atoms with Gasteiger partial charge in [0.1, 0.15) is 11.7 Å². The average molecular weight is 269 g/mol. The molecule has 4 heteroatoms. The van der Waals surface area contributed by atoms with E-state index in [2.05, 4.69) is 9.89 Å². The summed E-state index contributed by atoms with van der Waals surface area (Å²) in [7, 11) is 0. The van der Waals surface area contributed by atoms with Crippen LogP contribution in [0.25, 0.3) is 0 Å². The highest BCUT2D eigenvalue weighted by atomic mass is 19.1. The van der Waals surface area contributed by atoms with Crippen LogP contribution in [0.5, 0.6) is 0 Å². The molecule has 0 N–H and O–H groups in total. The molecule has 3 nitrogen and oxygen atoms in total. The van der Waals surface area contributed by atoms with E-state index in [1.807, 2.05) is 24.5 Å². The molecule has 1 aliphatic carbocycles. The number of rotatable bonds is 3. The molecular formula is C16H16FN3. The van der Waals surface area contributed by atoms with E-state index in [1.54, 1.807) is 0 Å². The second-order valence-electron chi connectivity index (χ2n) is 5.69. The SMILES string of the molecule is Fc1ccc(C2CN3C=CN=C(CC4CC4)C3=N2)cc1. The number of hydrogen-bond acceptors (Lipinski definition) is 3. The number of hydrogen-bond donors (Lipinski definition) is 0. The van der Waals surface area contributed by atoms with Crippen LogP contribution in [0.2, 0.25) is 0 Å². The van der Waals surface area contributed by atoms with Crippen LogP contribution in [0, 0.1) is 11.7 Å². The Bertz CT molecular complexity index is 611. The molecule has 0 radical (unpaired) electrons. The lowest BCUT2D eigenvalue weighted by molar-refractivity contribution is 0.548. The van der Waals surface area contributed by atoms with Gasteiger partial charge in [-0.3, -0.25) is 9.98 Å². The largest absolute Gasteiger partial charge is 0.328 e. The third-order valence-corrected chi connectivity index (χ3v) is 4.09. The number of aliphatic imine (C=N–C) groups is 2. The second-order valence-corrected chi connectivity index (χ2v) is 5.69. The van der Waals surface area contributed by atoms with E-state index < -0.39 is 0 Å². The molecule has 0 spiro atoms. The summed E-state index contributed by atoms with van der Waals surface area (Å²) in [6.45, 7) is 0.821. The van der Waals surface area contributed by atoms with E-state index in [0.29, 0.717) is 0 Å². The van der Waals surface area contributed by atoms with Crippen LogP contribution in [0.3, 0.4) is 0 Å². The number of halogens is 1. The topological polar surface area (TPSA) is 28.0 Å². The number of benzene rings is 1. The molecule has 1 aromatic rings. The van der Waals surface area contributed by atoms with Gasteiger partial charge in [-0.05, 0) is 42.9 Å². The fourth-order valence-electron chi connectivity index (χ4n) is 2.77. The molecule has 2 heterocycles. The van der Waals surface area contributed by atoms with Gasteiger partial charge >= 0.3 is 0 Å². The number of fused-ring (bicyclic) bond motifs is 1. The van der Waals surface area contributed by atoms with Gasteiger partial charge in [0.25, 0.3) is 0 Å². The zero-order valence-electron chi connectivity index (χ0n) is 11.2. The smallest absolute Gasteiger partial charge is 0.150 e. The first kappa shape index (κ1) is 11.8. The molecule has 0 bridgehead atoms. The lowest BCUT2D eigenvalue weighted by atomic mass is 10.1. The summed E-state index contributed by atoms with van der Waals surface area (Å²) in [4.78, 5) is 11.5. The van der Waals surface area contributed by atoms with Crippen molar-refractivity contribution >= 4 is 11.5 Å². The van der Waals surface area contributed by atoms with Crippen molar-refractivity contribution in [2.45, 2.75) is 25.3 Å². The van der Waals surface area contributed by atoms with Crippen molar-refractivity contribution in [3.8, 4) is 0 Å². The number of amidine groups is 1. The van der Waals surface area contributed by atoms with Crippen LogP contribution < -0.4 is 0 Å². The minimum Gasteiger partial charge on any atom is -0.328 e. The molecule has 2 aliphatic heterocycles. The molecule has 1 saturated carbocycles. The Morgan fingerprint density at radius 3 is 2.75 bits per heavy atom. The molecule has 1 aromatic carbocycles. The fraction of sp³-hybridized carbons (Fsp3) is 0.375. The Morgan fingerprint density at radius 2 is 2.00 bits per heavy atom. The van der Waals surface area contributed by atoms with Crippen molar-refractivity contribution in [1.29, 1.82) is 0 Å². The molecule has 102 valence electrons. The third kappa shape index (κ3) is 2.15. The predicted molar refractivity (Wildman–Crippen MR) is 77.2 cm³/mol. The summed E-state index contributed by atoms with van der Waals surface area (Å²) < 4.78 is 13.0. The van der Waals surface area contributed by atoms with Crippen molar-refractivity contribution in [3.63, 3.8) is 0 Å². The standard InChI is InChI=1S/C16H16FN3/c17-13-5-3-12(4-6-13)15-10-20-8-7-18-14(16(20)19-15)9-11-1-2-11/h3-8,11,15H,1-2,9-10H2. The number of nitrogens with zero attached hydrogens (tertiary/aromatic N) is 3. The summed E-state index contributed by atoms with van der Waals surface area (Å²) in [6.07, 6.45) is 7.52. The van der Waals surface area contributed by atoms with Crippen LogP contribution in [0.1, 0.15) is 30.9 Å². The molecule has 3 aliphatic rings. The highest BCUT2D eigenvalue weighted by molar-refractivity contribution is 6.42. The van der Waals surface area contributed by atoms with Gasteiger partial charge in [0.2, 0.25) is 0 Å². The van der Waals surface area contributed by atoms with E-state index in [9.17, 15) is 4.39 Å². The van der Waals surface area contributed by atoms with Crippen LogP contribution >= 0.6 is 0 Å². The van der Waals surface area contributed by atoms with Gasteiger partial charge in [0, 0.05) is 12.4 Å². The minimum atomic E-state index is -0.201. The fourth-order valence-corrected chi connectivity index (χ4v) is 2.77. The lowest BCUT2D eigenvalue weighted by Gasteiger charge is -2.20. The van der Waals surface area contributed by atoms with Crippen molar-refractivity contribution in [3.05, 3.63) is 48.0 Å². The van der Waals surface area contributed by atoms with E-state index in [-0.39, 0.29) is 11.9 Å². The van der Waals surface area contributed by atoms with Gasteiger partial charge in [-0.15, -0.1) is 0 Å². The maximum atomic E-state index is 13.0. The van der Waals surface area contributed by atoms with Crippen molar-refractivity contribution in [2.24, 2.45) is 15.9 Å². The Morgan fingerprint density at radius 1 is 1.20 bits per heavy atom. The maximum absolute atomic E-state index is 13.0. The van der Waals surface area contributed by atoms with Crippen molar-refractivity contribution in [2.75, 3.05) is 6.54 Å². The summed E-state index contributed by atoms with van der Waals surface area (Å²) in [5, 5.41) is 0. The Labute approximate surface area is 117 Å². The summed E-state index contributed by atoms with van der Waals surface area (Å²) >= 11 is 0. The van der Waals surface area contributed by atoms with E-state index >= 15 is 0 Å². The zero-order valence-corrected chi connectivity index (χ0v) is 11.2. The van der Waals surface area contributed by atoms with Crippen LogP contribution in [-0.2, 0) is 0 Å². The van der Waals surface area contributed by atoms with Crippen molar-refractivity contribution < 1.29 is 4.39 Å². The highest BCUT2D eigenvalue weighted by Crippen LogP contribution is 2.35. The Balaban J connectivity index is 1.60. The Kier molecular flexibility index (Phi) is 2.69. The third-order valence-electron chi connectivity index (χ3n) is 4.09. The molecule has 0 aromatic heterocycles. The highest BCUT2D eigenvalue weighted by Gasteiger charge is 2.32. The van der Waals surface area contributed by atoms with Gasteiger partial charge in [-0.2, -0.15) is 0 Å². The van der Waals surface area contributed by atoms with Crippen molar-refractivity contribution in [1.82, 2.24) is 4.90 Å². The van der Waals surface area contributed by atoms with Gasteiger partial charge in [0.15, 0.2) is 0 Å². The summed E-state index contributed by atoms with van der Waals surface area (Å²) in [6, 6.07) is 6.73. The maximum Gasteiger partial charge on any atom is 0.150 e. The minimum absolute atomic E-state index is 0.0813. The quantitative estimate of drug-likeness (QED) is 0.827. The first-order valence-corrected chi connectivity index (χ1v) is 7.13. The molecule has 1 fully saturated rings. The van der Waals surface area contributed by atoms with Crippen LogP contribution in [-0.4, -0.2) is 23.0 Å². The van der Waals surface area contributed by atoms with Crippen LogP contribution in [0.15, 0.2) is 46.7 Å². The van der Waals surface area contributed by atoms with E-state index in [0.717, 1.165) is 36.0 Å². The second kappa shape index (κ2) is 4.54. The predicted octanol–water partition coefficient (Wildman–Crippen LogP) is 3.31. The molecule has 1 unspecified atom stereocenters. The zero-order chi connectivity index (χ0) is 13.5.